The van der Waals surface area contributed by atoms with Gasteiger partial charge in [0, 0.05) is 18.4 Å². The van der Waals surface area contributed by atoms with Gasteiger partial charge in [-0.1, -0.05) is 36.6 Å². The Morgan fingerprint density at radius 2 is 1.92 bits per heavy atom. The van der Waals surface area contributed by atoms with E-state index >= 15 is 0 Å². The molecule has 3 amide bonds. The molecule has 1 saturated heterocycles. The molecule has 1 aliphatic carbocycles. The number of hydrogen-bond acceptors (Lipinski definition) is 9. The van der Waals surface area contributed by atoms with Crippen LogP contribution in [0.15, 0.2) is 43.5 Å². The summed E-state index contributed by atoms with van der Waals surface area (Å²) in [6.07, 6.45) is 5.30. The van der Waals surface area contributed by atoms with Crippen LogP contribution in [-0.2, 0) is 19.1 Å². The zero-order valence-corrected chi connectivity index (χ0v) is 28.5. The number of halogens is 1. The summed E-state index contributed by atoms with van der Waals surface area (Å²) in [5.74, 6) is -2.30. The van der Waals surface area contributed by atoms with E-state index in [-0.39, 0.29) is 36.8 Å². The Kier molecular flexibility index (Phi) is 11.6. The van der Waals surface area contributed by atoms with Crippen molar-refractivity contribution in [1.29, 1.82) is 0 Å². The van der Waals surface area contributed by atoms with Crippen molar-refractivity contribution in [2.75, 3.05) is 13.7 Å². The number of amides is 3. The van der Waals surface area contributed by atoms with Gasteiger partial charge in [0.15, 0.2) is 5.15 Å². The topological polar surface area (TPSA) is 169 Å². The smallest absolute Gasteiger partial charge is 0.408 e. The first-order valence-corrected chi connectivity index (χ1v) is 16.4. The van der Waals surface area contributed by atoms with Gasteiger partial charge in [-0.05, 0) is 58.6 Å². The van der Waals surface area contributed by atoms with E-state index in [0.29, 0.717) is 23.2 Å². The lowest BCUT2D eigenvalue weighted by Crippen LogP contribution is -2.56. The van der Waals surface area contributed by atoms with Gasteiger partial charge >= 0.3 is 12.1 Å². The molecule has 2 aliphatic rings. The molecule has 260 valence electrons. The van der Waals surface area contributed by atoms with E-state index in [1.54, 1.807) is 39.0 Å². The van der Waals surface area contributed by atoms with Crippen LogP contribution in [-0.4, -0.2) is 86.8 Å². The van der Waals surface area contributed by atoms with Crippen LogP contribution >= 0.6 is 11.6 Å². The number of ether oxygens (including phenoxy) is 3. The third kappa shape index (κ3) is 8.74. The molecule has 0 spiro atoms. The molecule has 0 radical (unpaired) electrons. The number of alkyl carbamates (subject to hydrolysis) is 1. The maximum absolute atomic E-state index is 14.2. The molecular formula is C34H44ClN5O8. The SMILES string of the molecule is C=CCCCCC[C@H](NC(=O)OC(C)(C)C)C(=O)N1C[C@H](Oc2nc3cc(OC)ccc3nc2Cl)C[C@@H]1C(=O)N[C@]1(C(=O)O)C[C@H]1C=C. The normalized spacial score (nSPS) is 22.4. The average molecular weight is 686 g/mol. The third-order valence-corrected chi connectivity index (χ3v) is 8.59. The molecule has 1 aromatic carbocycles. The fourth-order valence-corrected chi connectivity index (χ4v) is 5.95. The number of carbonyl (C=O) groups is 4. The Bertz CT molecular complexity index is 1560. The second-order valence-electron chi connectivity index (χ2n) is 13.1. The highest BCUT2D eigenvalue weighted by Crippen LogP contribution is 2.45. The molecule has 1 saturated carbocycles. The standard InChI is InChI=1S/C34H44ClN5O8/c1-7-9-10-11-12-13-24(38-32(45)48-33(3,4)5)30(42)40-19-22(17-26(40)28(41)39-34(31(43)44)18-20(34)8-2)47-29-27(35)36-23-15-14-21(46-6)16-25(23)37-29/h7-8,14-16,20,22,24,26H,1-2,9-13,17-19H2,3-6H3,(H,38,45)(H,39,41)(H,43,44)/t20-,22-,24+,26-,34-/m1/s1. The quantitative estimate of drug-likeness (QED) is 0.175. The second kappa shape index (κ2) is 15.2. The average Bonchev–Trinajstić information content (AvgIpc) is 3.58. The van der Waals surface area contributed by atoms with Crippen LogP contribution in [0.5, 0.6) is 11.6 Å². The van der Waals surface area contributed by atoms with Gasteiger partial charge in [0.25, 0.3) is 5.88 Å². The van der Waals surface area contributed by atoms with E-state index in [1.165, 1.54) is 18.1 Å². The number of aromatic nitrogens is 2. The maximum Gasteiger partial charge on any atom is 0.408 e. The molecule has 48 heavy (non-hydrogen) atoms. The van der Waals surface area contributed by atoms with Gasteiger partial charge in [-0.25, -0.2) is 19.6 Å². The predicted molar refractivity (Wildman–Crippen MR) is 179 cm³/mol. The third-order valence-electron chi connectivity index (χ3n) is 8.34. The van der Waals surface area contributed by atoms with Gasteiger partial charge in [-0.2, -0.15) is 0 Å². The number of rotatable bonds is 15. The number of carboxylic acids is 1. The monoisotopic (exact) mass is 685 g/mol. The highest BCUT2D eigenvalue weighted by molar-refractivity contribution is 6.31. The minimum atomic E-state index is -1.52. The lowest BCUT2D eigenvalue weighted by Gasteiger charge is -2.30. The molecule has 4 rings (SSSR count). The molecule has 2 fully saturated rings. The lowest BCUT2D eigenvalue weighted by atomic mass is 10.0. The van der Waals surface area contributed by atoms with Crippen LogP contribution in [0.1, 0.15) is 65.7 Å². The maximum atomic E-state index is 14.2. The van der Waals surface area contributed by atoms with Gasteiger partial charge in [-0.3, -0.25) is 9.59 Å². The fourth-order valence-electron chi connectivity index (χ4n) is 5.77. The number of nitrogens with one attached hydrogen (secondary N) is 2. The van der Waals surface area contributed by atoms with Crippen molar-refractivity contribution < 1.29 is 38.5 Å². The van der Waals surface area contributed by atoms with Crippen LogP contribution in [0.3, 0.4) is 0 Å². The number of carbonyl (C=O) groups excluding carboxylic acids is 3. The molecule has 0 bridgehead atoms. The summed E-state index contributed by atoms with van der Waals surface area (Å²) in [6.45, 7) is 12.5. The van der Waals surface area contributed by atoms with Crippen molar-refractivity contribution in [2.45, 2.75) is 95.0 Å². The molecular weight excluding hydrogens is 642 g/mol. The van der Waals surface area contributed by atoms with Crippen LogP contribution in [0, 0.1) is 5.92 Å². The number of benzene rings is 1. The Labute approximate surface area is 285 Å². The first-order chi connectivity index (χ1) is 22.7. The number of methoxy groups -OCH3 is 1. The van der Waals surface area contributed by atoms with Crippen LogP contribution < -0.4 is 20.1 Å². The van der Waals surface area contributed by atoms with Crippen molar-refractivity contribution in [1.82, 2.24) is 25.5 Å². The highest BCUT2D eigenvalue weighted by Gasteiger charge is 2.61. The zero-order valence-electron chi connectivity index (χ0n) is 27.8. The summed E-state index contributed by atoms with van der Waals surface area (Å²) >= 11 is 6.44. The number of carboxylic acid groups (broad SMARTS) is 1. The number of nitrogens with zero attached hydrogens (tertiary/aromatic N) is 3. The first-order valence-electron chi connectivity index (χ1n) is 16.0. The van der Waals surface area contributed by atoms with E-state index in [1.807, 2.05) is 6.08 Å². The summed E-state index contributed by atoms with van der Waals surface area (Å²) in [6, 6.07) is 2.95. The summed E-state index contributed by atoms with van der Waals surface area (Å²) in [5, 5.41) is 15.3. The largest absolute Gasteiger partial charge is 0.497 e. The lowest BCUT2D eigenvalue weighted by molar-refractivity contribution is -0.145. The van der Waals surface area contributed by atoms with E-state index in [0.717, 1.165) is 19.3 Å². The summed E-state index contributed by atoms with van der Waals surface area (Å²) < 4.78 is 16.9. The molecule has 1 aliphatic heterocycles. The minimum absolute atomic E-state index is 0.00131. The van der Waals surface area contributed by atoms with Gasteiger partial charge in [0.2, 0.25) is 11.8 Å². The van der Waals surface area contributed by atoms with Crippen molar-refractivity contribution in [3.8, 4) is 11.6 Å². The molecule has 13 nitrogen and oxygen atoms in total. The van der Waals surface area contributed by atoms with Crippen LogP contribution in [0.25, 0.3) is 11.0 Å². The highest BCUT2D eigenvalue weighted by atomic mass is 35.5. The first kappa shape index (κ1) is 36.4. The Morgan fingerprint density at radius 1 is 1.17 bits per heavy atom. The second-order valence-corrected chi connectivity index (χ2v) is 13.5. The number of unbranched alkanes of at least 4 members (excludes halogenated alkanes) is 3. The number of fused-ring (bicyclic) bond motifs is 1. The van der Waals surface area contributed by atoms with E-state index in [2.05, 4.69) is 33.8 Å². The van der Waals surface area contributed by atoms with Crippen LogP contribution in [0.4, 0.5) is 4.79 Å². The van der Waals surface area contributed by atoms with Crippen molar-refractivity contribution >= 4 is 46.5 Å². The van der Waals surface area contributed by atoms with E-state index in [4.69, 9.17) is 25.8 Å². The van der Waals surface area contributed by atoms with E-state index < -0.39 is 59.1 Å². The summed E-state index contributed by atoms with van der Waals surface area (Å²) in [7, 11) is 1.52. The molecule has 1 aromatic heterocycles. The fraction of sp³-hybridized carbons (Fsp3) is 0.529. The Balaban J connectivity index is 1.62. The van der Waals surface area contributed by atoms with Gasteiger partial charge in [0.1, 0.15) is 35.1 Å². The molecule has 3 N–H and O–H groups in total. The minimum Gasteiger partial charge on any atom is -0.497 e. The van der Waals surface area contributed by atoms with Gasteiger partial charge in [0.05, 0.1) is 24.7 Å². The van der Waals surface area contributed by atoms with Gasteiger partial charge < -0.3 is 34.9 Å². The van der Waals surface area contributed by atoms with Crippen LogP contribution in [0.2, 0.25) is 5.15 Å². The molecule has 14 heteroatoms. The van der Waals surface area contributed by atoms with Gasteiger partial charge in [-0.15, -0.1) is 13.2 Å². The van der Waals surface area contributed by atoms with Crippen molar-refractivity contribution in [2.24, 2.45) is 5.92 Å². The number of allylic oxidation sites excluding steroid dienone is 1. The number of hydrogen-bond donors (Lipinski definition) is 3. The summed E-state index contributed by atoms with van der Waals surface area (Å²) in [5.41, 5.74) is -1.35. The number of aliphatic carboxylic acids is 1. The Morgan fingerprint density at radius 3 is 2.54 bits per heavy atom. The predicted octanol–water partition coefficient (Wildman–Crippen LogP) is 4.82. The molecule has 2 heterocycles. The molecule has 2 aromatic rings. The summed E-state index contributed by atoms with van der Waals surface area (Å²) in [4.78, 5) is 63.2. The number of likely N-dealkylation sites (tertiary alicyclic amines) is 1. The Hall–Kier alpha value is -4.39. The molecule has 5 atom stereocenters. The van der Waals surface area contributed by atoms with Crippen molar-refractivity contribution in [3.05, 3.63) is 48.7 Å². The zero-order chi connectivity index (χ0) is 35.2. The van der Waals surface area contributed by atoms with Crippen molar-refractivity contribution in [3.63, 3.8) is 0 Å². The molecule has 0 unspecified atom stereocenters. The van der Waals surface area contributed by atoms with E-state index in [9.17, 15) is 24.3 Å².